The number of carbonyl (C=O) groups excluding carboxylic acids is 3. The zero-order chi connectivity index (χ0) is 18.5. The molecule has 1 aromatic rings. The molecule has 3 N–H and O–H groups in total. The van der Waals surface area contributed by atoms with Crippen LogP contribution in [0.3, 0.4) is 0 Å². The molecule has 2 heterocycles. The van der Waals surface area contributed by atoms with Gasteiger partial charge in [-0.05, 0) is 25.0 Å². The molecule has 0 bridgehead atoms. The Balaban J connectivity index is 0.00000261. The molecule has 0 spiro atoms. The number of amides is 3. The van der Waals surface area contributed by atoms with E-state index >= 15 is 0 Å². The molecule has 0 saturated carbocycles. The van der Waals surface area contributed by atoms with Gasteiger partial charge in [-0.15, -0.1) is 24.2 Å². The average Bonchev–Trinajstić information content (AvgIpc) is 2.68. The van der Waals surface area contributed by atoms with Gasteiger partial charge in [-0.1, -0.05) is 12.1 Å². The summed E-state index contributed by atoms with van der Waals surface area (Å²) in [5.41, 5.74) is 6.21. The number of anilines is 1. The van der Waals surface area contributed by atoms with Crippen LogP contribution >= 0.6 is 24.2 Å². The smallest absolute Gasteiger partial charge is 0.242 e. The minimum atomic E-state index is -0.209. The Kier molecular flexibility index (Phi) is 7.94. The van der Waals surface area contributed by atoms with Gasteiger partial charge in [0.25, 0.3) is 0 Å². The van der Waals surface area contributed by atoms with E-state index in [0.29, 0.717) is 31.9 Å². The normalized spacial score (nSPS) is 19.1. The molecule has 1 fully saturated rings. The fourth-order valence-corrected chi connectivity index (χ4v) is 4.26. The van der Waals surface area contributed by atoms with Crippen LogP contribution in [0.5, 0.6) is 0 Å². The van der Waals surface area contributed by atoms with Gasteiger partial charge in [-0.2, -0.15) is 0 Å². The summed E-state index contributed by atoms with van der Waals surface area (Å²) in [6, 6.07) is 7.62. The number of likely N-dealkylation sites (tertiary alicyclic amines) is 1. The summed E-state index contributed by atoms with van der Waals surface area (Å²) in [7, 11) is 0. The van der Waals surface area contributed by atoms with Gasteiger partial charge >= 0.3 is 0 Å². The maximum Gasteiger partial charge on any atom is 0.242 e. The Morgan fingerprint density at radius 1 is 1.30 bits per heavy atom. The molecule has 2 aliphatic heterocycles. The van der Waals surface area contributed by atoms with E-state index < -0.39 is 0 Å². The van der Waals surface area contributed by atoms with Crippen LogP contribution in [0, 0.1) is 5.92 Å². The van der Waals surface area contributed by atoms with Crippen molar-refractivity contribution >= 4 is 47.6 Å². The first-order valence-electron chi connectivity index (χ1n) is 8.88. The van der Waals surface area contributed by atoms with E-state index in [1.807, 2.05) is 24.3 Å². The van der Waals surface area contributed by atoms with E-state index in [1.54, 1.807) is 9.80 Å². The van der Waals surface area contributed by atoms with E-state index in [2.05, 4.69) is 5.32 Å². The van der Waals surface area contributed by atoms with E-state index in [9.17, 15) is 14.4 Å². The number of fused-ring (bicyclic) bond motifs is 1. The molecule has 0 radical (unpaired) electrons. The molecule has 1 unspecified atom stereocenters. The lowest BCUT2D eigenvalue weighted by Crippen LogP contribution is -2.50. The molecule has 0 aromatic heterocycles. The summed E-state index contributed by atoms with van der Waals surface area (Å²) >= 11 is 1.50. The predicted octanol–water partition coefficient (Wildman–Crippen LogP) is 0.861. The van der Waals surface area contributed by atoms with Crippen molar-refractivity contribution in [1.82, 2.24) is 10.2 Å². The predicted molar refractivity (Wildman–Crippen MR) is 108 cm³/mol. The summed E-state index contributed by atoms with van der Waals surface area (Å²) < 4.78 is 0. The van der Waals surface area contributed by atoms with Crippen molar-refractivity contribution in [1.29, 1.82) is 0 Å². The number of rotatable bonds is 5. The van der Waals surface area contributed by atoms with Crippen LogP contribution in [0.2, 0.25) is 0 Å². The minimum absolute atomic E-state index is 0. The second-order valence-corrected chi connectivity index (χ2v) is 7.51. The first-order chi connectivity index (χ1) is 12.6. The van der Waals surface area contributed by atoms with Gasteiger partial charge in [0.2, 0.25) is 17.7 Å². The molecule has 7 nitrogen and oxygen atoms in total. The highest BCUT2D eigenvalue weighted by Gasteiger charge is 2.31. The number of nitrogens with two attached hydrogens (primary N) is 1. The Hall–Kier alpha value is -1.77. The van der Waals surface area contributed by atoms with Gasteiger partial charge in [0.05, 0.1) is 17.4 Å². The van der Waals surface area contributed by atoms with Gasteiger partial charge in [0, 0.05) is 31.1 Å². The van der Waals surface area contributed by atoms with Crippen LogP contribution in [-0.2, 0) is 14.4 Å². The lowest BCUT2D eigenvalue weighted by atomic mass is 9.97. The summed E-state index contributed by atoms with van der Waals surface area (Å²) in [6.45, 7) is 1.88. The van der Waals surface area contributed by atoms with Gasteiger partial charge in [0.1, 0.15) is 6.54 Å². The third-order valence-corrected chi connectivity index (χ3v) is 5.74. The van der Waals surface area contributed by atoms with Crippen molar-refractivity contribution in [2.45, 2.75) is 17.7 Å². The number of nitrogens with one attached hydrogen (secondary N) is 1. The van der Waals surface area contributed by atoms with E-state index in [4.69, 9.17) is 5.73 Å². The van der Waals surface area contributed by atoms with Gasteiger partial charge < -0.3 is 20.9 Å². The van der Waals surface area contributed by atoms with E-state index in [-0.39, 0.29) is 42.6 Å². The van der Waals surface area contributed by atoms with Crippen molar-refractivity contribution in [3.05, 3.63) is 24.3 Å². The molecule has 27 heavy (non-hydrogen) atoms. The van der Waals surface area contributed by atoms with Crippen molar-refractivity contribution < 1.29 is 14.4 Å². The summed E-state index contributed by atoms with van der Waals surface area (Å²) in [4.78, 5) is 41.5. The fourth-order valence-electron chi connectivity index (χ4n) is 3.32. The number of hydrogen-bond acceptors (Lipinski definition) is 5. The summed E-state index contributed by atoms with van der Waals surface area (Å²) in [5, 5.41) is 2.79. The first-order valence-corrected chi connectivity index (χ1v) is 9.86. The molecule has 9 heteroatoms. The molecule has 1 aromatic carbocycles. The number of halogens is 1. The highest BCUT2D eigenvalue weighted by molar-refractivity contribution is 8.00. The number of para-hydroxylation sites is 1. The maximum atomic E-state index is 12.8. The molecule has 0 aliphatic carbocycles. The number of carbonyl (C=O) groups is 3. The number of nitrogens with zero attached hydrogens (tertiary/aromatic N) is 2. The van der Waals surface area contributed by atoms with Crippen molar-refractivity contribution in [3.8, 4) is 0 Å². The number of benzene rings is 1. The van der Waals surface area contributed by atoms with Gasteiger partial charge in [0.15, 0.2) is 0 Å². The molecular weight excluding hydrogens is 388 g/mol. The molecule has 3 rings (SSSR count). The molecule has 1 atom stereocenters. The lowest BCUT2D eigenvalue weighted by Gasteiger charge is -2.35. The molecule has 148 valence electrons. The molecule has 2 aliphatic rings. The quantitative estimate of drug-likeness (QED) is 0.747. The van der Waals surface area contributed by atoms with Crippen LogP contribution < -0.4 is 16.0 Å². The van der Waals surface area contributed by atoms with Crippen molar-refractivity contribution in [3.63, 3.8) is 0 Å². The molecule has 3 amide bonds. The Labute approximate surface area is 169 Å². The van der Waals surface area contributed by atoms with Crippen LogP contribution in [0.15, 0.2) is 29.2 Å². The third kappa shape index (κ3) is 5.15. The monoisotopic (exact) mass is 412 g/mol. The van der Waals surface area contributed by atoms with E-state index in [0.717, 1.165) is 23.4 Å². The van der Waals surface area contributed by atoms with Crippen LogP contribution in [0.25, 0.3) is 0 Å². The third-order valence-electron chi connectivity index (χ3n) is 4.69. The second kappa shape index (κ2) is 9.96. The fraction of sp³-hybridized carbons (Fsp3) is 0.500. The Morgan fingerprint density at radius 3 is 2.85 bits per heavy atom. The summed E-state index contributed by atoms with van der Waals surface area (Å²) in [6.07, 6.45) is 1.55. The Bertz CT molecular complexity index is 703. The summed E-state index contributed by atoms with van der Waals surface area (Å²) in [5.74, 6) is -0.0930. The average molecular weight is 413 g/mol. The number of hydrogen-bond donors (Lipinski definition) is 2. The van der Waals surface area contributed by atoms with Gasteiger partial charge in [-0.3, -0.25) is 14.4 Å². The molecule has 1 saturated heterocycles. The molecular formula is C18H25ClN4O3S. The van der Waals surface area contributed by atoms with Crippen molar-refractivity contribution in [2.24, 2.45) is 11.7 Å². The topological polar surface area (TPSA) is 95.7 Å². The largest absolute Gasteiger partial charge is 0.355 e. The first kappa shape index (κ1) is 21.5. The Morgan fingerprint density at radius 2 is 2.07 bits per heavy atom. The zero-order valence-electron chi connectivity index (χ0n) is 15.1. The van der Waals surface area contributed by atoms with E-state index in [1.165, 1.54) is 11.8 Å². The van der Waals surface area contributed by atoms with Crippen LogP contribution in [-0.4, -0.2) is 61.1 Å². The van der Waals surface area contributed by atoms with Gasteiger partial charge in [-0.25, -0.2) is 0 Å². The van der Waals surface area contributed by atoms with Crippen molar-refractivity contribution in [2.75, 3.05) is 43.4 Å². The number of piperidine rings is 1. The highest BCUT2D eigenvalue weighted by Crippen LogP contribution is 2.34. The SMILES string of the molecule is Cl.NCCNC(=O)C1CCCN(C(=O)CN2C(=O)CSc3ccccc32)C1. The maximum absolute atomic E-state index is 12.8. The number of thioether (sulfide) groups is 1. The standard InChI is InChI=1S/C18H24N4O3S.ClH/c19-7-8-20-18(25)13-4-3-9-21(10-13)16(23)11-22-14-5-1-2-6-15(14)26-12-17(22)24;/h1-2,5-6,13H,3-4,7-12,19H2,(H,20,25);1H. The van der Waals surface area contributed by atoms with Crippen LogP contribution in [0.4, 0.5) is 5.69 Å². The van der Waals surface area contributed by atoms with Crippen LogP contribution in [0.1, 0.15) is 12.8 Å². The second-order valence-electron chi connectivity index (χ2n) is 6.49. The highest BCUT2D eigenvalue weighted by atomic mass is 35.5. The zero-order valence-corrected chi connectivity index (χ0v) is 16.7. The minimum Gasteiger partial charge on any atom is -0.355 e. The lowest BCUT2D eigenvalue weighted by molar-refractivity contribution is -0.135.